The van der Waals surface area contributed by atoms with Gasteiger partial charge in [-0.3, -0.25) is 9.59 Å². The van der Waals surface area contributed by atoms with E-state index in [4.69, 9.17) is 4.74 Å². The fourth-order valence-electron chi connectivity index (χ4n) is 3.94. The van der Waals surface area contributed by atoms with Crippen LogP contribution in [-0.4, -0.2) is 18.4 Å². The van der Waals surface area contributed by atoms with Crippen LogP contribution in [0.2, 0.25) is 0 Å². The molecule has 0 saturated heterocycles. The maximum absolute atomic E-state index is 13.6. The largest absolute Gasteiger partial charge is 0.494 e. The van der Waals surface area contributed by atoms with E-state index in [1.807, 2.05) is 88.4 Å². The van der Waals surface area contributed by atoms with Crippen LogP contribution >= 0.6 is 0 Å². The minimum absolute atomic E-state index is 0.271. The highest BCUT2D eigenvalue weighted by Gasteiger charge is 2.40. The van der Waals surface area contributed by atoms with Crippen LogP contribution in [0.1, 0.15) is 29.2 Å². The van der Waals surface area contributed by atoms with Crippen LogP contribution in [0.4, 0.5) is 11.4 Å². The van der Waals surface area contributed by atoms with Crippen molar-refractivity contribution in [2.24, 2.45) is 0 Å². The number of benzene rings is 3. The van der Waals surface area contributed by atoms with Crippen molar-refractivity contribution in [3.05, 3.63) is 94.7 Å². The standard InChI is InChI=1S/C27H26N2O3/c1-5-32-22-12-10-20(11-13-22)28-25-24(23-14-9-18(3)15-19(23)4)26(30)29(27(25)31)21-8-6-7-17(2)16-21/h6-16,28H,5H2,1-4H3. The number of carbonyl (C=O) groups is 2. The average Bonchev–Trinajstić information content (AvgIpc) is 2.99. The molecule has 5 nitrogen and oxygen atoms in total. The molecule has 32 heavy (non-hydrogen) atoms. The number of hydrogen-bond donors (Lipinski definition) is 1. The first-order valence-corrected chi connectivity index (χ1v) is 10.7. The van der Waals surface area contributed by atoms with Gasteiger partial charge in [-0.25, -0.2) is 4.90 Å². The van der Waals surface area contributed by atoms with E-state index in [1.54, 1.807) is 6.07 Å². The summed E-state index contributed by atoms with van der Waals surface area (Å²) in [7, 11) is 0. The maximum atomic E-state index is 13.6. The third kappa shape index (κ3) is 4.02. The summed E-state index contributed by atoms with van der Waals surface area (Å²) >= 11 is 0. The molecule has 162 valence electrons. The van der Waals surface area contributed by atoms with Crippen molar-refractivity contribution in [1.29, 1.82) is 0 Å². The molecule has 0 spiro atoms. The maximum Gasteiger partial charge on any atom is 0.282 e. The lowest BCUT2D eigenvalue weighted by Gasteiger charge is -2.16. The first-order chi connectivity index (χ1) is 15.4. The Balaban J connectivity index is 1.80. The average molecular weight is 427 g/mol. The normalized spacial score (nSPS) is 13.7. The zero-order chi connectivity index (χ0) is 22.8. The van der Waals surface area contributed by atoms with Gasteiger partial charge in [-0.15, -0.1) is 0 Å². The van der Waals surface area contributed by atoms with Gasteiger partial charge in [0.05, 0.1) is 17.9 Å². The van der Waals surface area contributed by atoms with Crippen molar-refractivity contribution in [2.75, 3.05) is 16.8 Å². The fourth-order valence-corrected chi connectivity index (χ4v) is 3.94. The van der Waals surface area contributed by atoms with E-state index in [9.17, 15) is 9.59 Å². The number of hydrogen-bond acceptors (Lipinski definition) is 4. The highest BCUT2D eigenvalue weighted by atomic mass is 16.5. The molecule has 0 unspecified atom stereocenters. The van der Waals surface area contributed by atoms with Crippen molar-refractivity contribution in [3.63, 3.8) is 0 Å². The Kier molecular flexibility index (Phi) is 5.82. The fraction of sp³-hybridized carbons (Fsp3) is 0.185. The lowest BCUT2D eigenvalue weighted by molar-refractivity contribution is -0.120. The van der Waals surface area contributed by atoms with E-state index < -0.39 is 0 Å². The van der Waals surface area contributed by atoms with Gasteiger partial charge in [-0.2, -0.15) is 0 Å². The lowest BCUT2D eigenvalue weighted by atomic mass is 9.97. The third-order valence-electron chi connectivity index (χ3n) is 5.43. The Morgan fingerprint density at radius 2 is 1.56 bits per heavy atom. The number of rotatable bonds is 6. The smallest absolute Gasteiger partial charge is 0.282 e. The first kappa shape index (κ1) is 21.4. The molecule has 1 aliphatic heterocycles. The Bertz CT molecular complexity index is 1230. The zero-order valence-corrected chi connectivity index (χ0v) is 18.7. The highest BCUT2D eigenvalue weighted by Crippen LogP contribution is 2.35. The summed E-state index contributed by atoms with van der Waals surface area (Å²) in [6.07, 6.45) is 0. The van der Waals surface area contributed by atoms with Gasteiger partial charge in [0.15, 0.2) is 0 Å². The van der Waals surface area contributed by atoms with Crippen LogP contribution in [-0.2, 0) is 9.59 Å². The van der Waals surface area contributed by atoms with Gasteiger partial charge >= 0.3 is 0 Å². The molecule has 0 aromatic heterocycles. The summed E-state index contributed by atoms with van der Waals surface area (Å²) in [6.45, 7) is 8.40. The van der Waals surface area contributed by atoms with Crippen LogP contribution in [0.3, 0.4) is 0 Å². The second-order valence-electron chi connectivity index (χ2n) is 7.94. The second kappa shape index (κ2) is 8.71. The monoisotopic (exact) mass is 426 g/mol. The Morgan fingerprint density at radius 3 is 2.22 bits per heavy atom. The van der Waals surface area contributed by atoms with E-state index in [-0.39, 0.29) is 17.5 Å². The molecule has 5 heteroatoms. The van der Waals surface area contributed by atoms with E-state index in [2.05, 4.69) is 5.32 Å². The van der Waals surface area contributed by atoms with Gasteiger partial charge in [-0.05, 0) is 80.8 Å². The summed E-state index contributed by atoms with van der Waals surface area (Å²) in [5.74, 6) is 0.0438. The van der Waals surface area contributed by atoms with Gasteiger partial charge in [0, 0.05) is 5.69 Å². The van der Waals surface area contributed by atoms with E-state index in [0.717, 1.165) is 28.0 Å². The summed E-state index contributed by atoms with van der Waals surface area (Å²) in [5, 5.41) is 3.21. The summed E-state index contributed by atoms with van der Waals surface area (Å²) in [5.41, 5.74) is 5.68. The van der Waals surface area contributed by atoms with Crippen LogP contribution in [0, 0.1) is 20.8 Å². The molecular weight excluding hydrogens is 400 g/mol. The Labute approximate surface area is 188 Å². The van der Waals surface area contributed by atoms with E-state index in [0.29, 0.717) is 23.6 Å². The van der Waals surface area contributed by atoms with Crippen LogP contribution in [0.25, 0.3) is 5.57 Å². The quantitative estimate of drug-likeness (QED) is 0.536. The van der Waals surface area contributed by atoms with Gasteiger partial charge in [0.25, 0.3) is 11.8 Å². The molecule has 3 aromatic rings. The predicted octanol–water partition coefficient (Wildman–Crippen LogP) is 5.41. The molecule has 0 aliphatic carbocycles. The number of carbonyl (C=O) groups excluding carboxylic acids is 2. The number of amides is 2. The molecule has 1 aliphatic rings. The molecule has 0 atom stereocenters. The number of anilines is 2. The third-order valence-corrected chi connectivity index (χ3v) is 5.43. The SMILES string of the molecule is CCOc1ccc(NC2=C(c3ccc(C)cc3C)C(=O)N(c3cccc(C)c3)C2=O)cc1. The van der Waals surface area contributed by atoms with Gasteiger partial charge in [0.1, 0.15) is 11.4 Å². The van der Waals surface area contributed by atoms with Crippen LogP contribution in [0.15, 0.2) is 72.4 Å². The van der Waals surface area contributed by atoms with Crippen molar-refractivity contribution in [1.82, 2.24) is 0 Å². The van der Waals surface area contributed by atoms with Crippen LogP contribution in [0.5, 0.6) is 5.75 Å². The van der Waals surface area contributed by atoms with Gasteiger partial charge in [0.2, 0.25) is 0 Å². The van der Waals surface area contributed by atoms with Crippen molar-refractivity contribution < 1.29 is 14.3 Å². The molecule has 0 saturated carbocycles. The molecule has 0 fully saturated rings. The van der Waals surface area contributed by atoms with E-state index in [1.165, 1.54) is 4.90 Å². The Hall–Kier alpha value is -3.86. The Morgan fingerprint density at radius 1 is 0.844 bits per heavy atom. The topological polar surface area (TPSA) is 58.6 Å². The number of imide groups is 1. The molecule has 0 radical (unpaired) electrons. The molecule has 1 heterocycles. The zero-order valence-electron chi connectivity index (χ0n) is 18.7. The number of nitrogens with zero attached hydrogens (tertiary/aromatic N) is 1. The molecule has 1 N–H and O–H groups in total. The summed E-state index contributed by atoms with van der Waals surface area (Å²) in [6, 6.07) is 20.6. The van der Waals surface area contributed by atoms with Crippen molar-refractivity contribution in [2.45, 2.75) is 27.7 Å². The van der Waals surface area contributed by atoms with Gasteiger partial charge in [-0.1, -0.05) is 35.9 Å². The molecule has 2 amide bonds. The van der Waals surface area contributed by atoms with Crippen molar-refractivity contribution >= 4 is 28.8 Å². The number of ether oxygens (including phenoxy) is 1. The van der Waals surface area contributed by atoms with Gasteiger partial charge < -0.3 is 10.1 Å². The molecule has 3 aromatic carbocycles. The lowest BCUT2D eigenvalue weighted by Crippen LogP contribution is -2.32. The van der Waals surface area contributed by atoms with Crippen LogP contribution < -0.4 is 15.0 Å². The number of nitrogens with one attached hydrogen (secondary N) is 1. The molecule has 4 rings (SSSR count). The summed E-state index contributed by atoms with van der Waals surface area (Å²) < 4.78 is 5.50. The number of aryl methyl sites for hydroxylation is 3. The van der Waals surface area contributed by atoms with E-state index >= 15 is 0 Å². The predicted molar refractivity (Wildman–Crippen MR) is 128 cm³/mol. The highest BCUT2D eigenvalue weighted by molar-refractivity contribution is 6.46. The first-order valence-electron chi connectivity index (χ1n) is 10.7. The second-order valence-corrected chi connectivity index (χ2v) is 7.94. The molecular formula is C27H26N2O3. The molecule has 0 bridgehead atoms. The van der Waals surface area contributed by atoms with Crippen molar-refractivity contribution in [3.8, 4) is 5.75 Å². The minimum Gasteiger partial charge on any atom is -0.494 e. The minimum atomic E-state index is -0.371. The summed E-state index contributed by atoms with van der Waals surface area (Å²) in [4.78, 5) is 28.4.